The minimum atomic E-state index is -3.50. The number of rotatable bonds is 7. The van der Waals surface area contributed by atoms with Crippen LogP contribution in [0.4, 0.5) is 0 Å². The number of halogens is 1. The normalized spacial score (nSPS) is 14.3. The molecular weight excluding hydrogens is 431 g/mol. The van der Waals surface area contributed by atoms with Gasteiger partial charge in [0.2, 0.25) is 10.0 Å². The molecule has 1 heterocycles. The Balaban J connectivity index is 0.00000264. The first-order valence-electron chi connectivity index (χ1n) is 7.10. The number of methoxy groups -OCH3 is 1. The Kier molecular flexibility index (Phi) is 8.23. The zero-order valence-corrected chi connectivity index (χ0v) is 16.4. The Bertz CT molecular complexity index is 637. The number of aliphatic imine (C=N–C) groups is 1. The lowest BCUT2D eigenvalue weighted by Crippen LogP contribution is -2.35. The largest absolute Gasteiger partial charge is 0.383 e. The number of ether oxygens (including phenoxy) is 1. The molecule has 130 valence electrons. The predicted octanol–water partition coefficient (Wildman–Crippen LogP) is 0.620. The third kappa shape index (κ3) is 5.90. The van der Waals surface area contributed by atoms with E-state index in [0.717, 1.165) is 24.6 Å². The fraction of sp³-hybridized carbons (Fsp3) is 0.500. The van der Waals surface area contributed by atoms with Gasteiger partial charge in [-0.05, 0) is 17.7 Å². The van der Waals surface area contributed by atoms with E-state index in [-0.39, 0.29) is 35.4 Å². The highest BCUT2D eigenvalue weighted by Crippen LogP contribution is 2.11. The number of hydrogen-bond donors (Lipinski definition) is 2. The fourth-order valence-corrected chi connectivity index (χ4v) is 3.17. The van der Waals surface area contributed by atoms with Crippen LogP contribution in [0.15, 0.2) is 34.2 Å². The smallest absolute Gasteiger partial charge is 0.240 e. The van der Waals surface area contributed by atoms with Crippen LogP contribution in [0.1, 0.15) is 5.56 Å². The Morgan fingerprint density at radius 1 is 1.39 bits per heavy atom. The van der Waals surface area contributed by atoms with E-state index in [0.29, 0.717) is 13.2 Å². The van der Waals surface area contributed by atoms with Crippen LogP contribution >= 0.6 is 24.0 Å². The molecule has 0 bridgehead atoms. The summed E-state index contributed by atoms with van der Waals surface area (Å²) in [6.45, 7) is 2.82. The van der Waals surface area contributed by atoms with E-state index in [1.165, 1.54) is 7.11 Å². The standard InChI is InChI=1S/C14H22N4O3S.HI/c1-18-8-6-15-14(18)16-11-12-4-3-5-13(10-12)22(19,20)17-7-9-21-2;/h3-5,10,17H,6-9,11H2,1-2H3,(H,15,16);1H. The molecule has 0 fully saturated rings. The molecule has 0 radical (unpaired) electrons. The highest BCUT2D eigenvalue weighted by Gasteiger charge is 2.15. The monoisotopic (exact) mass is 454 g/mol. The lowest BCUT2D eigenvalue weighted by Gasteiger charge is -2.15. The fourth-order valence-electron chi connectivity index (χ4n) is 2.09. The van der Waals surface area contributed by atoms with E-state index < -0.39 is 10.0 Å². The van der Waals surface area contributed by atoms with Crippen LogP contribution in [0.5, 0.6) is 0 Å². The number of nitrogens with one attached hydrogen (secondary N) is 2. The first-order valence-corrected chi connectivity index (χ1v) is 8.58. The van der Waals surface area contributed by atoms with Gasteiger partial charge < -0.3 is 15.0 Å². The summed E-state index contributed by atoms with van der Waals surface area (Å²) in [7, 11) is 0.00120. The molecular formula is C14H23IN4O3S. The average molecular weight is 454 g/mol. The Morgan fingerprint density at radius 3 is 2.83 bits per heavy atom. The van der Waals surface area contributed by atoms with Crippen molar-refractivity contribution in [1.82, 2.24) is 14.9 Å². The van der Waals surface area contributed by atoms with E-state index in [9.17, 15) is 8.42 Å². The summed E-state index contributed by atoms with van der Waals surface area (Å²) in [6, 6.07) is 6.87. The summed E-state index contributed by atoms with van der Waals surface area (Å²) >= 11 is 0. The van der Waals surface area contributed by atoms with Crippen LogP contribution < -0.4 is 10.0 Å². The van der Waals surface area contributed by atoms with Crippen LogP contribution in [0, 0.1) is 0 Å². The van der Waals surface area contributed by atoms with Gasteiger partial charge in [-0.3, -0.25) is 4.99 Å². The van der Waals surface area contributed by atoms with Crippen molar-refractivity contribution < 1.29 is 13.2 Å². The molecule has 23 heavy (non-hydrogen) atoms. The third-order valence-electron chi connectivity index (χ3n) is 3.32. The van der Waals surface area contributed by atoms with Crippen molar-refractivity contribution in [2.45, 2.75) is 11.4 Å². The number of hydrogen-bond acceptors (Lipinski definition) is 6. The Labute approximate surface area is 154 Å². The lowest BCUT2D eigenvalue weighted by atomic mass is 10.2. The third-order valence-corrected chi connectivity index (χ3v) is 4.77. The van der Waals surface area contributed by atoms with Gasteiger partial charge in [0.25, 0.3) is 0 Å². The highest BCUT2D eigenvalue weighted by molar-refractivity contribution is 14.0. The van der Waals surface area contributed by atoms with E-state index in [4.69, 9.17) is 4.74 Å². The molecule has 2 rings (SSSR count). The molecule has 0 saturated carbocycles. The average Bonchev–Trinajstić information content (AvgIpc) is 2.91. The molecule has 0 aromatic heterocycles. The molecule has 0 spiro atoms. The SMILES string of the molecule is COCCNS(=O)(=O)c1cccc(CNC2=NCCN2C)c1.I. The summed E-state index contributed by atoms with van der Waals surface area (Å²) in [5.74, 6) is 0.839. The zero-order chi connectivity index (χ0) is 16.0. The van der Waals surface area contributed by atoms with Crippen molar-refractivity contribution >= 4 is 40.0 Å². The maximum atomic E-state index is 12.2. The number of sulfonamides is 1. The molecule has 7 nitrogen and oxygen atoms in total. The van der Waals surface area contributed by atoms with Gasteiger partial charge in [-0.15, -0.1) is 24.0 Å². The minimum Gasteiger partial charge on any atom is -0.383 e. The molecule has 0 unspecified atom stereocenters. The molecule has 0 saturated heterocycles. The summed E-state index contributed by atoms with van der Waals surface area (Å²) in [5, 5.41) is 3.22. The molecule has 1 aliphatic rings. The van der Waals surface area contributed by atoms with Gasteiger partial charge in [-0.25, -0.2) is 13.1 Å². The zero-order valence-electron chi connectivity index (χ0n) is 13.3. The van der Waals surface area contributed by atoms with Crippen LogP contribution in [0.2, 0.25) is 0 Å². The maximum absolute atomic E-state index is 12.2. The van der Waals surface area contributed by atoms with Crippen molar-refractivity contribution in [1.29, 1.82) is 0 Å². The van der Waals surface area contributed by atoms with Crippen molar-refractivity contribution in [2.24, 2.45) is 4.99 Å². The van der Waals surface area contributed by atoms with Gasteiger partial charge in [0, 0.05) is 33.8 Å². The van der Waals surface area contributed by atoms with E-state index in [1.54, 1.807) is 18.2 Å². The molecule has 9 heteroatoms. The van der Waals surface area contributed by atoms with Gasteiger partial charge in [0.1, 0.15) is 0 Å². The minimum absolute atomic E-state index is 0. The highest BCUT2D eigenvalue weighted by atomic mass is 127. The predicted molar refractivity (Wildman–Crippen MR) is 101 cm³/mol. The van der Waals surface area contributed by atoms with Gasteiger partial charge in [-0.2, -0.15) is 0 Å². The number of guanidine groups is 1. The second kappa shape index (κ2) is 9.40. The van der Waals surface area contributed by atoms with Gasteiger partial charge in [0.15, 0.2) is 5.96 Å². The first-order chi connectivity index (χ1) is 10.5. The molecule has 1 aromatic carbocycles. The Hall–Kier alpha value is -0.910. The molecule has 0 aliphatic carbocycles. The van der Waals surface area contributed by atoms with Crippen LogP contribution in [-0.4, -0.2) is 59.7 Å². The van der Waals surface area contributed by atoms with E-state index >= 15 is 0 Å². The second-order valence-corrected chi connectivity index (χ2v) is 6.79. The molecule has 0 amide bonds. The van der Waals surface area contributed by atoms with Crippen LogP contribution in [0.3, 0.4) is 0 Å². The van der Waals surface area contributed by atoms with Crippen molar-refractivity contribution in [3.8, 4) is 0 Å². The van der Waals surface area contributed by atoms with Crippen molar-refractivity contribution in [2.75, 3.05) is 40.4 Å². The van der Waals surface area contributed by atoms with Crippen LogP contribution in [0.25, 0.3) is 0 Å². The molecule has 0 atom stereocenters. The van der Waals surface area contributed by atoms with E-state index in [1.807, 2.05) is 18.0 Å². The van der Waals surface area contributed by atoms with Crippen molar-refractivity contribution in [3.63, 3.8) is 0 Å². The maximum Gasteiger partial charge on any atom is 0.240 e. The van der Waals surface area contributed by atoms with Gasteiger partial charge in [-0.1, -0.05) is 12.1 Å². The number of likely N-dealkylation sites (N-methyl/N-ethyl adjacent to an activating group) is 1. The second-order valence-electron chi connectivity index (χ2n) is 5.02. The first kappa shape index (κ1) is 20.1. The van der Waals surface area contributed by atoms with Gasteiger partial charge in [0.05, 0.1) is 18.0 Å². The topological polar surface area (TPSA) is 83.0 Å². The molecule has 2 N–H and O–H groups in total. The lowest BCUT2D eigenvalue weighted by molar-refractivity contribution is 0.204. The number of nitrogens with zero attached hydrogens (tertiary/aromatic N) is 2. The number of benzene rings is 1. The van der Waals surface area contributed by atoms with Gasteiger partial charge >= 0.3 is 0 Å². The van der Waals surface area contributed by atoms with E-state index in [2.05, 4.69) is 15.0 Å². The summed E-state index contributed by atoms with van der Waals surface area (Å²) < 4.78 is 31.7. The van der Waals surface area contributed by atoms with Crippen LogP contribution in [-0.2, 0) is 21.3 Å². The summed E-state index contributed by atoms with van der Waals surface area (Å²) in [5.41, 5.74) is 0.887. The van der Waals surface area contributed by atoms with Crippen molar-refractivity contribution in [3.05, 3.63) is 29.8 Å². The molecule has 1 aliphatic heterocycles. The summed E-state index contributed by atoms with van der Waals surface area (Å²) in [4.78, 5) is 6.63. The quantitative estimate of drug-likeness (QED) is 0.467. The summed E-state index contributed by atoms with van der Waals surface area (Å²) in [6.07, 6.45) is 0. The molecule has 1 aromatic rings. The Morgan fingerprint density at radius 2 is 2.17 bits per heavy atom.